The Bertz CT molecular complexity index is 137. The van der Waals surface area contributed by atoms with E-state index < -0.39 is 0 Å². The Morgan fingerprint density at radius 1 is 1.58 bits per heavy atom. The van der Waals surface area contributed by atoms with Gasteiger partial charge in [-0.05, 0) is 13.8 Å². The molecule has 0 saturated carbocycles. The minimum atomic E-state index is 0. The SMILES string of the molecule is C=C(C)N1CCNC[C@H]1C.CC.[HH]. The number of piperazine rings is 1. The topological polar surface area (TPSA) is 15.3 Å². The molecule has 1 heterocycles. The monoisotopic (exact) mass is 172 g/mol. The summed E-state index contributed by atoms with van der Waals surface area (Å²) in [6.45, 7) is 15.5. The first-order chi connectivity index (χ1) is 5.72. The van der Waals surface area contributed by atoms with Gasteiger partial charge in [0, 0.05) is 32.8 Å². The minimum Gasteiger partial charge on any atom is -0.370 e. The Morgan fingerprint density at radius 3 is 2.50 bits per heavy atom. The predicted molar refractivity (Wildman–Crippen MR) is 57.3 cm³/mol. The lowest BCUT2D eigenvalue weighted by Gasteiger charge is -2.35. The molecule has 1 saturated heterocycles. The van der Waals surface area contributed by atoms with Crippen molar-refractivity contribution in [2.45, 2.75) is 33.7 Å². The van der Waals surface area contributed by atoms with Crippen LogP contribution in [-0.2, 0) is 0 Å². The predicted octanol–water partition coefficient (Wildman–Crippen LogP) is 2.09. The van der Waals surface area contributed by atoms with Crippen LogP contribution >= 0.6 is 0 Å². The number of hydrogen-bond donors (Lipinski definition) is 1. The standard InChI is InChI=1S/C8H16N2.C2H6.H2/c1-7(2)10-5-4-9-6-8(10)3;1-2;/h8-9H,1,4-6H2,2-3H3;1-2H3;1H/t8-;;/m1../s1. The molecule has 2 heteroatoms. The third-order valence-electron chi connectivity index (χ3n) is 1.99. The fourth-order valence-corrected chi connectivity index (χ4v) is 1.41. The highest BCUT2D eigenvalue weighted by Gasteiger charge is 2.15. The average Bonchev–Trinajstić information content (AvgIpc) is 2.08. The van der Waals surface area contributed by atoms with Gasteiger partial charge in [0.1, 0.15) is 0 Å². The van der Waals surface area contributed by atoms with E-state index in [0.29, 0.717) is 6.04 Å². The number of nitrogens with one attached hydrogen (secondary N) is 1. The number of allylic oxidation sites excluding steroid dienone is 1. The van der Waals surface area contributed by atoms with Gasteiger partial charge in [0.25, 0.3) is 0 Å². The van der Waals surface area contributed by atoms with E-state index >= 15 is 0 Å². The van der Waals surface area contributed by atoms with Gasteiger partial charge in [-0.2, -0.15) is 0 Å². The van der Waals surface area contributed by atoms with Crippen molar-refractivity contribution in [3.63, 3.8) is 0 Å². The van der Waals surface area contributed by atoms with Crippen LogP contribution in [0.3, 0.4) is 0 Å². The quantitative estimate of drug-likeness (QED) is 0.651. The third kappa shape index (κ3) is 3.26. The lowest BCUT2D eigenvalue weighted by Crippen LogP contribution is -2.48. The smallest absolute Gasteiger partial charge is 0.0383 e. The first kappa shape index (κ1) is 11.5. The van der Waals surface area contributed by atoms with E-state index in [1.165, 1.54) is 5.70 Å². The van der Waals surface area contributed by atoms with Crippen molar-refractivity contribution in [1.82, 2.24) is 10.2 Å². The lowest BCUT2D eigenvalue weighted by molar-refractivity contribution is 0.225. The second kappa shape index (κ2) is 6.06. The molecule has 74 valence electrons. The summed E-state index contributed by atoms with van der Waals surface area (Å²) in [5.41, 5.74) is 1.19. The van der Waals surface area contributed by atoms with Crippen LogP contribution in [0, 0.1) is 0 Å². The Kier molecular flexibility index (Phi) is 5.81. The zero-order valence-electron chi connectivity index (χ0n) is 8.85. The molecule has 1 aliphatic heterocycles. The Morgan fingerprint density at radius 2 is 2.17 bits per heavy atom. The van der Waals surface area contributed by atoms with Crippen LogP contribution in [0.5, 0.6) is 0 Å². The zero-order valence-corrected chi connectivity index (χ0v) is 8.85. The zero-order chi connectivity index (χ0) is 9.56. The van der Waals surface area contributed by atoms with Crippen molar-refractivity contribution in [3.05, 3.63) is 12.3 Å². The van der Waals surface area contributed by atoms with Gasteiger partial charge in [-0.25, -0.2) is 0 Å². The molecular formula is C10H24N2. The first-order valence-electron chi connectivity index (χ1n) is 4.84. The molecule has 0 aliphatic carbocycles. The second-order valence-corrected chi connectivity index (χ2v) is 2.98. The molecule has 0 spiro atoms. The van der Waals surface area contributed by atoms with Crippen LogP contribution in [0.1, 0.15) is 29.1 Å². The largest absolute Gasteiger partial charge is 0.370 e. The van der Waals surface area contributed by atoms with Gasteiger partial charge in [0.05, 0.1) is 0 Å². The molecule has 1 fully saturated rings. The fourth-order valence-electron chi connectivity index (χ4n) is 1.41. The van der Waals surface area contributed by atoms with Crippen molar-refractivity contribution in [2.24, 2.45) is 0 Å². The lowest BCUT2D eigenvalue weighted by atomic mass is 10.2. The van der Waals surface area contributed by atoms with Crippen LogP contribution in [0.15, 0.2) is 12.3 Å². The van der Waals surface area contributed by atoms with E-state index in [1.54, 1.807) is 0 Å². The maximum atomic E-state index is 3.93. The Hall–Kier alpha value is -0.500. The van der Waals surface area contributed by atoms with Gasteiger partial charge in [-0.1, -0.05) is 20.4 Å². The van der Waals surface area contributed by atoms with E-state index in [2.05, 4.69) is 30.6 Å². The van der Waals surface area contributed by atoms with Crippen molar-refractivity contribution in [1.29, 1.82) is 0 Å². The van der Waals surface area contributed by atoms with Crippen LogP contribution < -0.4 is 5.32 Å². The molecule has 1 atom stereocenters. The van der Waals surface area contributed by atoms with Gasteiger partial charge in [-0.15, -0.1) is 0 Å². The summed E-state index contributed by atoms with van der Waals surface area (Å²) in [5.74, 6) is 0. The Balaban J connectivity index is 0. The Labute approximate surface area is 78.1 Å². The van der Waals surface area contributed by atoms with Crippen LogP contribution in [0.4, 0.5) is 0 Å². The van der Waals surface area contributed by atoms with Gasteiger partial charge < -0.3 is 10.2 Å². The molecule has 0 bridgehead atoms. The highest BCUT2D eigenvalue weighted by atomic mass is 15.2. The summed E-state index contributed by atoms with van der Waals surface area (Å²) >= 11 is 0. The molecule has 12 heavy (non-hydrogen) atoms. The summed E-state index contributed by atoms with van der Waals surface area (Å²) in [6, 6.07) is 0.617. The number of hydrogen-bond acceptors (Lipinski definition) is 2. The van der Waals surface area contributed by atoms with Gasteiger partial charge >= 0.3 is 0 Å². The first-order valence-corrected chi connectivity index (χ1v) is 4.84. The molecule has 0 aromatic heterocycles. The molecule has 0 aromatic rings. The molecule has 0 amide bonds. The normalized spacial score (nSPS) is 22.7. The molecule has 1 N–H and O–H groups in total. The summed E-state index contributed by atoms with van der Waals surface area (Å²) in [7, 11) is 0. The third-order valence-corrected chi connectivity index (χ3v) is 1.99. The van der Waals surface area contributed by atoms with Crippen LogP contribution in [-0.4, -0.2) is 30.6 Å². The van der Waals surface area contributed by atoms with Crippen molar-refractivity contribution in [3.8, 4) is 0 Å². The highest BCUT2D eigenvalue weighted by Crippen LogP contribution is 2.07. The molecule has 0 unspecified atom stereocenters. The van der Waals surface area contributed by atoms with E-state index in [0.717, 1.165) is 19.6 Å². The average molecular weight is 172 g/mol. The van der Waals surface area contributed by atoms with Gasteiger partial charge in [0.2, 0.25) is 0 Å². The summed E-state index contributed by atoms with van der Waals surface area (Å²) in [4.78, 5) is 2.34. The van der Waals surface area contributed by atoms with Crippen LogP contribution in [0.2, 0.25) is 0 Å². The van der Waals surface area contributed by atoms with Gasteiger partial charge in [0.15, 0.2) is 0 Å². The minimum absolute atomic E-state index is 0. The molecule has 0 aromatic carbocycles. The van der Waals surface area contributed by atoms with E-state index in [4.69, 9.17) is 0 Å². The van der Waals surface area contributed by atoms with E-state index in [9.17, 15) is 0 Å². The second-order valence-electron chi connectivity index (χ2n) is 2.98. The maximum Gasteiger partial charge on any atom is 0.0383 e. The van der Waals surface area contributed by atoms with Crippen molar-refractivity contribution < 1.29 is 1.43 Å². The molecular weight excluding hydrogens is 148 g/mol. The molecule has 1 rings (SSSR count). The molecule has 1 aliphatic rings. The summed E-state index contributed by atoms with van der Waals surface area (Å²) in [6.07, 6.45) is 0. The maximum absolute atomic E-state index is 3.93. The van der Waals surface area contributed by atoms with Gasteiger partial charge in [-0.3, -0.25) is 0 Å². The summed E-state index contributed by atoms with van der Waals surface area (Å²) < 4.78 is 0. The highest BCUT2D eigenvalue weighted by molar-refractivity contribution is 4.94. The number of nitrogens with zero attached hydrogens (tertiary/aromatic N) is 1. The number of rotatable bonds is 1. The van der Waals surface area contributed by atoms with Crippen LogP contribution in [0.25, 0.3) is 0 Å². The summed E-state index contributed by atoms with van der Waals surface area (Å²) in [5, 5.41) is 3.34. The van der Waals surface area contributed by atoms with Crippen molar-refractivity contribution in [2.75, 3.05) is 19.6 Å². The molecule has 0 radical (unpaired) electrons. The van der Waals surface area contributed by atoms with Crippen molar-refractivity contribution >= 4 is 0 Å². The van der Waals surface area contributed by atoms with E-state index in [-0.39, 0.29) is 1.43 Å². The molecule has 2 nitrogen and oxygen atoms in total. The fraction of sp³-hybridized carbons (Fsp3) is 0.800. The van der Waals surface area contributed by atoms with E-state index in [1.807, 2.05) is 13.8 Å².